The number of phosphoric ester groups is 1. The standard InChI is InChI=1S/C44H80NO11P/c1-6-8-10-11-12-13-14-15-16-17-18-23-27-33-43(49)53-37-40(38-55-57(51,52)54-36-35-45(3,4)5)56-44(50)34-28-32-42(48)41(47)31-26-22-20-19-21-25-30-39(46)29-24-9-7-2/h19-22,25-26,30-31,39-42,46-48H,6-18,23-24,27-29,32-38H2,1-5H3/b21-19+,22-20-,30-25-,31-26-. The Bertz CT molecular complexity index is 1170. The minimum Gasteiger partial charge on any atom is -0.756 e. The van der Waals surface area contributed by atoms with Gasteiger partial charge in [-0.25, -0.2) is 0 Å². The molecule has 332 valence electrons. The van der Waals surface area contributed by atoms with Gasteiger partial charge in [0.25, 0.3) is 7.82 Å². The minimum atomic E-state index is -4.72. The predicted octanol–water partition coefficient (Wildman–Crippen LogP) is 8.19. The van der Waals surface area contributed by atoms with Crippen molar-refractivity contribution in [1.82, 2.24) is 0 Å². The lowest BCUT2D eigenvalue weighted by atomic mass is 10.0. The fourth-order valence-electron chi connectivity index (χ4n) is 5.63. The molecular formula is C44H80NO11P. The second-order valence-corrected chi connectivity index (χ2v) is 17.3. The third kappa shape index (κ3) is 37.8. The van der Waals surface area contributed by atoms with E-state index in [1.54, 1.807) is 42.5 Å². The van der Waals surface area contributed by atoms with Gasteiger partial charge < -0.3 is 43.2 Å². The van der Waals surface area contributed by atoms with Crippen LogP contribution < -0.4 is 4.89 Å². The summed E-state index contributed by atoms with van der Waals surface area (Å²) in [6.45, 7) is 3.70. The van der Waals surface area contributed by atoms with E-state index < -0.39 is 50.8 Å². The van der Waals surface area contributed by atoms with Crippen LogP contribution >= 0.6 is 7.82 Å². The maximum absolute atomic E-state index is 12.7. The summed E-state index contributed by atoms with van der Waals surface area (Å²) < 4.78 is 33.6. The van der Waals surface area contributed by atoms with E-state index in [1.165, 1.54) is 63.9 Å². The van der Waals surface area contributed by atoms with Crippen molar-refractivity contribution in [2.45, 2.75) is 173 Å². The van der Waals surface area contributed by atoms with Gasteiger partial charge >= 0.3 is 11.9 Å². The second kappa shape index (κ2) is 35.8. The van der Waals surface area contributed by atoms with Crippen molar-refractivity contribution in [3.63, 3.8) is 0 Å². The van der Waals surface area contributed by atoms with Crippen LogP contribution in [0.5, 0.6) is 0 Å². The summed E-state index contributed by atoms with van der Waals surface area (Å²) >= 11 is 0. The Kier molecular flexibility index (Phi) is 34.4. The molecule has 0 aromatic rings. The maximum atomic E-state index is 12.7. The number of carbonyl (C=O) groups is 2. The summed E-state index contributed by atoms with van der Waals surface area (Å²) in [4.78, 5) is 37.5. The maximum Gasteiger partial charge on any atom is 0.306 e. The van der Waals surface area contributed by atoms with Gasteiger partial charge in [-0.15, -0.1) is 0 Å². The highest BCUT2D eigenvalue weighted by Gasteiger charge is 2.22. The first-order valence-electron chi connectivity index (χ1n) is 21.7. The molecule has 0 aliphatic carbocycles. The van der Waals surface area contributed by atoms with Crippen LogP contribution in [-0.2, 0) is 32.7 Å². The van der Waals surface area contributed by atoms with Gasteiger partial charge in [-0.2, -0.15) is 0 Å². The lowest BCUT2D eigenvalue weighted by Crippen LogP contribution is -2.37. The monoisotopic (exact) mass is 830 g/mol. The number of carbonyl (C=O) groups excluding carboxylic acids is 2. The van der Waals surface area contributed by atoms with Crippen LogP contribution in [0.1, 0.15) is 149 Å². The fraction of sp³-hybridized carbons (Fsp3) is 0.773. The number of ether oxygens (including phenoxy) is 2. The van der Waals surface area contributed by atoms with Crippen LogP contribution in [0.3, 0.4) is 0 Å². The fourth-order valence-corrected chi connectivity index (χ4v) is 6.35. The Balaban J connectivity index is 4.73. The summed E-state index contributed by atoms with van der Waals surface area (Å²) in [6, 6.07) is 0. The molecule has 0 aromatic heterocycles. The highest BCUT2D eigenvalue weighted by atomic mass is 31.2. The normalized spacial score (nSPS) is 15.7. The quantitative estimate of drug-likeness (QED) is 0.0180. The molecule has 0 spiro atoms. The Morgan fingerprint density at radius 1 is 0.632 bits per heavy atom. The van der Waals surface area contributed by atoms with Crippen molar-refractivity contribution in [2.75, 3.05) is 47.5 Å². The number of hydrogen-bond acceptors (Lipinski definition) is 11. The molecule has 0 saturated carbocycles. The molecule has 13 heteroatoms. The molecule has 0 saturated heterocycles. The predicted molar refractivity (Wildman–Crippen MR) is 226 cm³/mol. The van der Waals surface area contributed by atoms with Crippen molar-refractivity contribution in [3.05, 3.63) is 48.6 Å². The van der Waals surface area contributed by atoms with Crippen molar-refractivity contribution < 1.29 is 57.4 Å². The van der Waals surface area contributed by atoms with Crippen LogP contribution in [0.2, 0.25) is 0 Å². The van der Waals surface area contributed by atoms with Gasteiger partial charge in [0.05, 0.1) is 46.1 Å². The van der Waals surface area contributed by atoms with Gasteiger partial charge in [-0.3, -0.25) is 14.2 Å². The zero-order chi connectivity index (χ0) is 42.6. The van der Waals surface area contributed by atoms with Crippen molar-refractivity contribution in [2.24, 2.45) is 0 Å². The Hall–Kier alpha value is -2.15. The number of allylic oxidation sites excluding steroid dienone is 6. The molecule has 12 nitrogen and oxygen atoms in total. The average Bonchev–Trinajstić information content (AvgIpc) is 3.15. The van der Waals surface area contributed by atoms with Gasteiger partial charge in [0.1, 0.15) is 19.8 Å². The molecule has 3 N–H and O–H groups in total. The van der Waals surface area contributed by atoms with Gasteiger partial charge in [0, 0.05) is 12.8 Å². The van der Waals surface area contributed by atoms with E-state index in [4.69, 9.17) is 18.5 Å². The lowest BCUT2D eigenvalue weighted by Gasteiger charge is -2.28. The van der Waals surface area contributed by atoms with Gasteiger partial charge in [0.2, 0.25) is 0 Å². The first-order chi connectivity index (χ1) is 27.2. The second-order valence-electron chi connectivity index (χ2n) is 15.9. The molecule has 0 fully saturated rings. The summed E-state index contributed by atoms with van der Waals surface area (Å²) in [6.07, 6.45) is 29.3. The molecule has 0 aliphatic rings. The number of phosphoric acid groups is 1. The number of quaternary nitrogens is 1. The van der Waals surface area contributed by atoms with Gasteiger partial charge in [0.15, 0.2) is 6.10 Å². The minimum absolute atomic E-state index is 0.0950. The van der Waals surface area contributed by atoms with Crippen LogP contribution in [0.15, 0.2) is 48.6 Å². The molecular weight excluding hydrogens is 749 g/mol. The Labute approximate surface area is 345 Å². The van der Waals surface area contributed by atoms with Crippen LogP contribution in [-0.4, -0.2) is 104 Å². The van der Waals surface area contributed by atoms with Crippen molar-refractivity contribution in [3.8, 4) is 0 Å². The first-order valence-corrected chi connectivity index (χ1v) is 23.1. The molecule has 0 radical (unpaired) electrons. The number of esters is 2. The van der Waals surface area contributed by atoms with E-state index in [1.807, 2.05) is 21.1 Å². The third-order valence-corrected chi connectivity index (χ3v) is 10.2. The number of aliphatic hydroxyl groups is 3. The first kappa shape index (κ1) is 54.9. The highest BCUT2D eigenvalue weighted by Crippen LogP contribution is 2.38. The number of aliphatic hydroxyl groups excluding tert-OH is 3. The van der Waals surface area contributed by atoms with Crippen molar-refractivity contribution >= 4 is 19.8 Å². The molecule has 0 aromatic carbocycles. The largest absolute Gasteiger partial charge is 0.756 e. The lowest BCUT2D eigenvalue weighted by molar-refractivity contribution is -0.870. The zero-order valence-corrected chi connectivity index (χ0v) is 37.0. The molecule has 5 atom stereocenters. The summed E-state index contributed by atoms with van der Waals surface area (Å²) in [5.74, 6) is -1.16. The van der Waals surface area contributed by atoms with Gasteiger partial charge in [-0.05, 0) is 25.7 Å². The summed E-state index contributed by atoms with van der Waals surface area (Å²) in [7, 11) is 0.946. The topological polar surface area (TPSA) is 172 Å². The number of likely N-dealkylation sites (N-methyl/N-ethyl adjacent to an activating group) is 1. The molecule has 0 amide bonds. The van der Waals surface area contributed by atoms with E-state index in [2.05, 4.69) is 13.8 Å². The number of unbranched alkanes of at least 4 members (excludes halogenated alkanes) is 14. The smallest absolute Gasteiger partial charge is 0.306 e. The molecule has 5 unspecified atom stereocenters. The average molecular weight is 830 g/mol. The van der Waals surface area contributed by atoms with Crippen LogP contribution in [0.4, 0.5) is 0 Å². The van der Waals surface area contributed by atoms with Crippen molar-refractivity contribution in [1.29, 1.82) is 0 Å². The van der Waals surface area contributed by atoms with E-state index >= 15 is 0 Å². The molecule has 0 bridgehead atoms. The Morgan fingerprint density at radius 2 is 1.14 bits per heavy atom. The van der Waals surface area contributed by atoms with Crippen LogP contribution in [0, 0.1) is 0 Å². The number of nitrogens with zero attached hydrogens (tertiary/aromatic N) is 1. The number of hydrogen-bond donors (Lipinski definition) is 3. The van der Waals surface area contributed by atoms with E-state index in [0.717, 1.165) is 44.9 Å². The zero-order valence-electron chi connectivity index (χ0n) is 36.1. The summed E-state index contributed by atoms with van der Waals surface area (Å²) in [5, 5.41) is 30.5. The molecule has 0 aliphatic heterocycles. The van der Waals surface area contributed by atoms with E-state index in [-0.39, 0.29) is 38.9 Å². The molecule has 57 heavy (non-hydrogen) atoms. The van der Waals surface area contributed by atoms with Crippen LogP contribution in [0.25, 0.3) is 0 Å². The third-order valence-electron chi connectivity index (χ3n) is 9.22. The molecule has 0 heterocycles. The SMILES string of the molecule is CCCCCCCCCCCCCCCC(=O)OCC(COP(=O)([O-])OCC[N+](C)(C)C)OC(=O)CCCC(O)C(O)\C=C/C=C\C=C\C=C/C(O)CCCCC. The van der Waals surface area contributed by atoms with E-state index in [0.29, 0.717) is 17.4 Å². The number of rotatable bonds is 38. The van der Waals surface area contributed by atoms with Gasteiger partial charge in [-0.1, -0.05) is 159 Å². The molecule has 0 rings (SSSR count). The highest BCUT2D eigenvalue weighted by molar-refractivity contribution is 7.45. The van der Waals surface area contributed by atoms with E-state index in [9.17, 15) is 34.4 Å². The summed E-state index contributed by atoms with van der Waals surface area (Å²) in [5.41, 5.74) is 0. The Morgan fingerprint density at radius 3 is 1.72 bits per heavy atom.